The van der Waals surface area contributed by atoms with Gasteiger partial charge in [-0.05, 0) is 62.6 Å². The Bertz CT molecular complexity index is 3170. The first-order valence-corrected chi connectivity index (χ1v) is 16.7. The van der Waals surface area contributed by atoms with E-state index in [1.54, 1.807) is 0 Å². The van der Waals surface area contributed by atoms with Gasteiger partial charge >= 0.3 is 0 Å². The Morgan fingerprint density at radius 3 is 1.78 bits per heavy atom. The van der Waals surface area contributed by atoms with Crippen molar-refractivity contribution >= 4 is 76.2 Å². The Morgan fingerprint density at radius 2 is 0.920 bits per heavy atom. The summed E-state index contributed by atoms with van der Waals surface area (Å²) in [4.78, 5) is 15.5. The van der Waals surface area contributed by atoms with E-state index in [0.717, 1.165) is 66.0 Å². The molecule has 0 saturated carbocycles. The predicted octanol–water partition coefficient (Wildman–Crippen LogP) is 12.1. The molecule has 3 heterocycles. The van der Waals surface area contributed by atoms with Gasteiger partial charge in [0, 0.05) is 32.7 Å². The highest BCUT2D eigenvalue weighted by Gasteiger charge is 2.20. The lowest BCUT2D eigenvalue weighted by Crippen LogP contribution is -2.00. The third-order valence-electron chi connectivity index (χ3n) is 9.92. The van der Waals surface area contributed by atoms with Gasteiger partial charge in [0.1, 0.15) is 22.3 Å². The van der Waals surface area contributed by atoms with Crippen molar-refractivity contribution < 1.29 is 8.83 Å². The molecule has 232 valence electrons. The Balaban J connectivity index is 1.17. The molecule has 0 amide bonds. The lowest BCUT2D eigenvalue weighted by atomic mass is 9.96. The Kier molecular flexibility index (Phi) is 5.60. The van der Waals surface area contributed by atoms with Crippen molar-refractivity contribution in [1.29, 1.82) is 0 Å². The molecule has 11 aromatic rings. The molecular weight excluding hydrogens is 615 g/mol. The molecule has 0 unspecified atom stereocenters. The lowest BCUT2D eigenvalue weighted by molar-refractivity contribution is 0.668. The molecule has 0 aliphatic carbocycles. The molecule has 11 rings (SSSR count). The number of furan rings is 2. The number of fused-ring (bicyclic) bond motifs is 11. The zero-order valence-electron chi connectivity index (χ0n) is 26.6. The van der Waals surface area contributed by atoms with Crippen LogP contribution in [0.4, 0.5) is 0 Å². The highest BCUT2D eigenvalue weighted by molar-refractivity contribution is 6.18. The second-order valence-corrected chi connectivity index (χ2v) is 12.7. The first-order chi connectivity index (χ1) is 24.8. The number of hydrogen-bond acceptors (Lipinski definition) is 5. The highest BCUT2D eigenvalue weighted by Crippen LogP contribution is 2.39. The first kappa shape index (κ1) is 27.1. The highest BCUT2D eigenvalue weighted by atomic mass is 16.3. The smallest absolute Gasteiger partial charge is 0.167 e. The quantitative estimate of drug-likeness (QED) is 0.180. The Morgan fingerprint density at radius 1 is 0.340 bits per heavy atom. The second-order valence-electron chi connectivity index (χ2n) is 12.7. The third kappa shape index (κ3) is 3.98. The van der Waals surface area contributed by atoms with Crippen molar-refractivity contribution in [3.05, 3.63) is 152 Å². The van der Waals surface area contributed by atoms with Gasteiger partial charge in [-0.1, -0.05) is 121 Å². The minimum atomic E-state index is 0.546. The lowest BCUT2D eigenvalue weighted by Gasteiger charge is -2.11. The normalized spacial score (nSPS) is 12.0. The molecule has 0 spiro atoms. The SMILES string of the molecule is c1ccc2c(c1)ccc1c3ccc(-c4nc(-c5cccc6c5oc5ccccc56)nc(-c5cccc6oc7ccccc7c56)n4)cc3ccc21. The largest absolute Gasteiger partial charge is 0.456 e. The molecule has 0 radical (unpaired) electrons. The summed E-state index contributed by atoms with van der Waals surface area (Å²) < 4.78 is 12.7. The van der Waals surface area contributed by atoms with E-state index in [1.165, 1.54) is 26.9 Å². The summed E-state index contributed by atoms with van der Waals surface area (Å²) >= 11 is 0. The summed E-state index contributed by atoms with van der Waals surface area (Å²) in [5.74, 6) is 1.70. The standard InChI is InChI=1S/C45H25N3O2/c1-2-10-29-26(9-1)19-23-32-30-22-21-28(25-27(30)20-24-31(29)32)43-46-44(36-14-8-18-40-41(36)35-12-4-6-17-39(35)49-40)48-45(47-43)37-15-7-13-34-33-11-3-5-16-38(33)50-42(34)37/h1-25H. The van der Waals surface area contributed by atoms with Crippen LogP contribution in [-0.2, 0) is 0 Å². The summed E-state index contributed by atoms with van der Waals surface area (Å²) in [5.41, 5.74) is 5.79. The van der Waals surface area contributed by atoms with Gasteiger partial charge in [-0.3, -0.25) is 0 Å². The number of nitrogens with zero attached hydrogens (tertiary/aromatic N) is 3. The van der Waals surface area contributed by atoms with E-state index >= 15 is 0 Å². The maximum Gasteiger partial charge on any atom is 0.167 e. The molecule has 0 aliphatic heterocycles. The van der Waals surface area contributed by atoms with E-state index in [9.17, 15) is 0 Å². The Hall–Kier alpha value is -6.85. The average molecular weight is 640 g/mol. The van der Waals surface area contributed by atoms with Gasteiger partial charge in [-0.25, -0.2) is 15.0 Å². The minimum Gasteiger partial charge on any atom is -0.456 e. The van der Waals surface area contributed by atoms with Gasteiger partial charge in [-0.2, -0.15) is 0 Å². The molecule has 0 N–H and O–H groups in total. The molecule has 0 saturated heterocycles. The average Bonchev–Trinajstić information content (AvgIpc) is 3.76. The van der Waals surface area contributed by atoms with Gasteiger partial charge in [0.25, 0.3) is 0 Å². The number of aromatic nitrogens is 3. The second kappa shape index (κ2) is 10.3. The van der Waals surface area contributed by atoms with E-state index in [4.69, 9.17) is 23.8 Å². The summed E-state index contributed by atoms with van der Waals surface area (Å²) in [6.07, 6.45) is 0. The van der Waals surface area contributed by atoms with Crippen molar-refractivity contribution in [2.75, 3.05) is 0 Å². The molecule has 0 atom stereocenters. The van der Waals surface area contributed by atoms with Crippen LogP contribution in [0.1, 0.15) is 0 Å². The van der Waals surface area contributed by atoms with Gasteiger partial charge in [0.15, 0.2) is 17.5 Å². The van der Waals surface area contributed by atoms with E-state index in [2.05, 4.69) is 91.0 Å². The van der Waals surface area contributed by atoms with Crippen LogP contribution in [0, 0.1) is 0 Å². The van der Waals surface area contributed by atoms with E-state index in [1.807, 2.05) is 60.7 Å². The predicted molar refractivity (Wildman–Crippen MR) is 203 cm³/mol. The molecule has 50 heavy (non-hydrogen) atoms. The topological polar surface area (TPSA) is 65.0 Å². The van der Waals surface area contributed by atoms with Crippen molar-refractivity contribution in [3.8, 4) is 34.2 Å². The van der Waals surface area contributed by atoms with Crippen molar-refractivity contribution in [2.24, 2.45) is 0 Å². The van der Waals surface area contributed by atoms with Crippen LogP contribution < -0.4 is 0 Å². The zero-order chi connectivity index (χ0) is 32.8. The number of hydrogen-bond donors (Lipinski definition) is 0. The van der Waals surface area contributed by atoms with Gasteiger partial charge in [0.2, 0.25) is 0 Å². The van der Waals surface area contributed by atoms with Gasteiger partial charge < -0.3 is 8.83 Å². The number of rotatable bonds is 3. The Labute approximate surface area is 285 Å². The van der Waals surface area contributed by atoms with Gasteiger partial charge in [-0.15, -0.1) is 0 Å². The molecule has 0 fully saturated rings. The van der Waals surface area contributed by atoms with Crippen LogP contribution in [-0.4, -0.2) is 15.0 Å². The molecule has 0 bridgehead atoms. The zero-order valence-corrected chi connectivity index (χ0v) is 26.6. The van der Waals surface area contributed by atoms with Crippen molar-refractivity contribution in [3.63, 3.8) is 0 Å². The number of para-hydroxylation sites is 3. The molecule has 5 heteroatoms. The van der Waals surface area contributed by atoms with Crippen LogP contribution in [0.5, 0.6) is 0 Å². The van der Waals surface area contributed by atoms with Crippen LogP contribution in [0.3, 0.4) is 0 Å². The van der Waals surface area contributed by atoms with E-state index in [-0.39, 0.29) is 0 Å². The van der Waals surface area contributed by atoms with Crippen molar-refractivity contribution in [2.45, 2.75) is 0 Å². The fourth-order valence-electron chi connectivity index (χ4n) is 7.60. The van der Waals surface area contributed by atoms with Gasteiger partial charge in [0.05, 0.1) is 5.56 Å². The monoisotopic (exact) mass is 639 g/mol. The van der Waals surface area contributed by atoms with Crippen LogP contribution in [0.15, 0.2) is 160 Å². The third-order valence-corrected chi connectivity index (χ3v) is 9.92. The van der Waals surface area contributed by atoms with Crippen LogP contribution >= 0.6 is 0 Å². The summed E-state index contributed by atoms with van der Waals surface area (Å²) in [6.45, 7) is 0. The molecule has 0 aliphatic rings. The van der Waals surface area contributed by atoms with Crippen LogP contribution in [0.25, 0.3) is 110 Å². The fraction of sp³-hybridized carbons (Fsp3) is 0. The maximum atomic E-state index is 6.46. The van der Waals surface area contributed by atoms with E-state index in [0.29, 0.717) is 17.5 Å². The molecule has 5 nitrogen and oxygen atoms in total. The molecule has 3 aromatic heterocycles. The molecular formula is C45H25N3O2. The maximum absolute atomic E-state index is 6.46. The minimum absolute atomic E-state index is 0.546. The molecule has 8 aromatic carbocycles. The number of benzene rings is 8. The summed E-state index contributed by atoms with van der Waals surface area (Å²) in [7, 11) is 0. The fourth-order valence-corrected chi connectivity index (χ4v) is 7.60. The summed E-state index contributed by atoms with van der Waals surface area (Å²) in [6, 6.07) is 52.3. The van der Waals surface area contributed by atoms with E-state index < -0.39 is 0 Å². The first-order valence-electron chi connectivity index (χ1n) is 16.7. The van der Waals surface area contributed by atoms with Crippen LogP contribution in [0.2, 0.25) is 0 Å². The summed E-state index contributed by atoms with van der Waals surface area (Å²) in [5, 5.41) is 11.3. The van der Waals surface area contributed by atoms with Crippen molar-refractivity contribution in [1.82, 2.24) is 15.0 Å².